The second-order valence-electron chi connectivity index (χ2n) is 5.40. The van der Waals surface area contributed by atoms with Crippen molar-refractivity contribution in [3.63, 3.8) is 0 Å². The number of benzene rings is 2. The Labute approximate surface area is 145 Å². The number of rotatable bonds is 8. The number of methoxy groups -OCH3 is 1. The highest BCUT2D eigenvalue weighted by Crippen LogP contribution is 2.18. The van der Waals surface area contributed by atoms with E-state index in [1.807, 2.05) is 24.3 Å². The summed E-state index contributed by atoms with van der Waals surface area (Å²) >= 11 is 0. The zero-order chi connectivity index (χ0) is 18.2. The molecule has 0 aliphatic rings. The molecule has 2 aromatic carbocycles. The van der Waals surface area contributed by atoms with Crippen molar-refractivity contribution in [3.05, 3.63) is 64.2 Å². The number of carbonyl (C=O) groups is 1. The van der Waals surface area contributed by atoms with Crippen LogP contribution in [0.15, 0.2) is 48.5 Å². The highest BCUT2D eigenvalue weighted by atomic mass is 16.6. The summed E-state index contributed by atoms with van der Waals surface area (Å²) in [5, 5.41) is 13.4. The van der Waals surface area contributed by atoms with E-state index in [-0.39, 0.29) is 11.6 Å². The van der Waals surface area contributed by atoms with E-state index < -0.39 is 11.0 Å². The zero-order valence-electron chi connectivity index (χ0n) is 14.1. The van der Waals surface area contributed by atoms with Gasteiger partial charge in [-0.05, 0) is 43.2 Å². The maximum Gasteiger partial charge on any atom is 0.269 e. The Morgan fingerprint density at radius 1 is 1.12 bits per heavy atom. The summed E-state index contributed by atoms with van der Waals surface area (Å²) in [6.45, 7) is 2.11. The van der Waals surface area contributed by atoms with Crippen molar-refractivity contribution in [2.45, 2.75) is 19.4 Å². The molecule has 0 aliphatic carbocycles. The van der Waals surface area contributed by atoms with Crippen LogP contribution in [0.25, 0.3) is 0 Å². The third-order valence-electron chi connectivity index (χ3n) is 3.60. The second kappa shape index (κ2) is 8.68. The minimum absolute atomic E-state index is 0.0241. The summed E-state index contributed by atoms with van der Waals surface area (Å²) in [6.07, 6.45) is -0.00249. The fourth-order valence-electron chi connectivity index (χ4n) is 2.17. The molecule has 2 aromatic rings. The number of hydrogen-bond acceptors (Lipinski definition) is 5. The second-order valence-corrected chi connectivity index (χ2v) is 5.40. The van der Waals surface area contributed by atoms with E-state index >= 15 is 0 Å². The Balaban J connectivity index is 1.78. The monoisotopic (exact) mass is 344 g/mol. The first-order valence-electron chi connectivity index (χ1n) is 7.81. The number of nitrogens with one attached hydrogen (secondary N) is 1. The molecule has 0 heterocycles. The van der Waals surface area contributed by atoms with Gasteiger partial charge in [0.2, 0.25) is 0 Å². The molecular weight excluding hydrogens is 324 g/mol. The minimum atomic E-state index is -0.697. The van der Waals surface area contributed by atoms with Gasteiger partial charge in [0.15, 0.2) is 6.10 Å². The van der Waals surface area contributed by atoms with E-state index in [4.69, 9.17) is 9.47 Å². The van der Waals surface area contributed by atoms with Gasteiger partial charge in [0, 0.05) is 18.7 Å². The number of hydrogen-bond donors (Lipinski definition) is 1. The van der Waals surface area contributed by atoms with Crippen molar-refractivity contribution in [3.8, 4) is 11.5 Å². The molecule has 1 N–H and O–H groups in total. The molecule has 0 aromatic heterocycles. The maximum absolute atomic E-state index is 12.0. The van der Waals surface area contributed by atoms with Crippen molar-refractivity contribution < 1.29 is 19.2 Å². The maximum atomic E-state index is 12.0. The van der Waals surface area contributed by atoms with Crippen molar-refractivity contribution >= 4 is 11.6 Å². The van der Waals surface area contributed by atoms with E-state index in [0.717, 1.165) is 11.3 Å². The summed E-state index contributed by atoms with van der Waals surface area (Å²) in [4.78, 5) is 22.2. The molecule has 7 heteroatoms. The van der Waals surface area contributed by atoms with Gasteiger partial charge in [-0.25, -0.2) is 0 Å². The summed E-state index contributed by atoms with van der Waals surface area (Å²) in [5.74, 6) is 0.952. The van der Waals surface area contributed by atoms with Crippen molar-refractivity contribution in [1.29, 1.82) is 0 Å². The lowest BCUT2D eigenvalue weighted by Crippen LogP contribution is -2.37. The molecule has 132 valence electrons. The Morgan fingerprint density at radius 3 is 2.28 bits per heavy atom. The van der Waals surface area contributed by atoms with Crippen molar-refractivity contribution in [2.24, 2.45) is 0 Å². The Bertz CT molecular complexity index is 713. The average Bonchev–Trinajstić information content (AvgIpc) is 2.62. The molecule has 0 fully saturated rings. The predicted molar refractivity (Wildman–Crippen MR) is 92.9 cm³/mol. The van der Waals surface area contributed by atoms with Gasteiger partial charge in [0.25, 0.3) is 11.6 Å². The highest BCUT2D eigenvalue weighted by molar-refractivity contribution is 5.80. The lowest BCUT2D eigenvalue weighted by Gasteiger charge is -2.14. The molecule has 25 heavy (non-hydrogen) atoms. The molecule has 2 rings (SSSR count). The number of ether oxygens (including phenoxy) is 2. The van der Waals surface area contributed by atoms with Gasteiger partial charge in [0.05, 0.1) is 12.0 Å². The number of amides is 1. The van der Waals surface area contributed by atoms with Gasteiger partial charge >= 0.3 is 0 Å². The average molecular weight is 344 g/mol. The third kappa shape index (κ3) is 5.49. The predicted octanol–water partition coefficient (Wildman–Crippen LogP) is 2.73. The van der Waals surface area contributed by atoms with E-state index in [9.17, 15) is 14.9 Å². The fourth-order valence-corrected chi connectivity index (χ4v) is 2.17. The van der Waals surface area contributed by atoms with E-state index in [1.165, 1.54) is 24.3 Å². The van der Waals surface area contributed by atoms with Crippen LogP contribution < -0.4 is 14.8 Å². The molecule has 1 unspecified atom stereocenters. The molecule has 0 saturated carbocycles. The van der Waals surface area contributed by atoms with Crippen LogP contribution in [0, 0.1) is 10.1 Å². The third-order valence-corrected chi connectivity index (χ3v) is 3.60. The topological polar surface area (TPSA) is 90.7 Å². The van der Waals surface area contributed by atoms with Crippen LogP contribution in [0.4, 0.5) is 5.69 Å². The number of non-ortho nitro benzene ring substituents is 1. The summed E-state index contributed by atoms with van der Waals surface area (Å²) in [6, 6.07) is 13.3. The van der Waals surface area contributed by atoms with E-state index in [2.05, 4.69) is 5.32 Å². The molecule has 0 aliphatic heterocycles. The molecule has 1 amide bonds. The SMILES string of the molecule is COc1ccc(CCNC(=O)C(C)Oc2ccc([N+](=O)[O-])cc2)cc1. The van der Waals surface area contributed by atoms with Crippen LogP contribution in [0.1, 0.15) is 12.5 Å². The first kappa shape index (κ1) is 18.3. The molecule has 0 radical (unpaired) electrons. The summed E-state index contributed by atoms with van der Waals surface area (Å²) in [7, 11) is 1.61. The standard InChI is InChI=1S/C18H20N2O5/c1-13(25-17-9-5-15(6-10-17)20(22)23)18(21)19-12-11-14-3-7-16(24-2)8-4-14/h3-10,13H,11-12H2,1-2H3,(H,19,21). The molecular formula is C18H20N2O5. The van der Waals surface area contributed by atoms with Crippen LogP contribution in [0.5, 0.6) is 11.5 Å². The summed E-state index contributed by atoms with van der Waals surface area (Å²) in [5.41, 5.74) is 1.06. The lowest BCUT2D eigenvalue weighted by atomic mass is 10.1. The van der Waals surface area contributed by atoms with Crippen molar-refractivity contribution in [2.75, 3.05) is 13.7 Å². The van der Waals surface area contributed by atoms with Gasteiger partial charge in [-0.2, -0.15) is 0 Å². The van der Waals surface area contributed by atoms with Gasteiger partial charge in [-0.1, -0.05) is 12.1 Å². The fraction of sp³-hybridized carbons (Fsp3) is 0.278. The van der Waals surface area contributed by atoms with Gasteiger partial charge in [-0.15, -0.1) is 0 Å². The Hall–Kier alpha value is -3.09. The quantitative estimate of drug-likeness (QED) is 0.587. The van der Waals surface area contributed by atoms with E-state index in [1.54, 1.807) is 14.0 Å². The largest absolute Gasteiger partial charge is 0.497 e. The van der Waals surface area contributed by atoms with Crippen LogP contribution in [-0.2, 0) is 11.2 Å². The molecule has 1 atom stereocenters. The first-order valence-corrected chi connectivity index (χ1v) is 7.81. The Kier molecular flexibility index (Phi) is 6.33. The van der Waals surface area contributed by atoms with Gasteiger partial charge < -0.3 is 14.8 Å². The zero-order valence-corrected chi connectivity index (χ0v) is 14.1. The first-order chi connectivity index (χ1) is 12.0. The molecule has 0 saturated heterocycles. The van der Waals surface area contributed by atoms with Crippen molar-refractivity contribution in [1.82, 2.24) is 5.32 Å². The van der Waals surface area contributed by atoms with Crippen LogP contribution in [0.3, 0.4) is 0 Å². The lowest BCUT2D eigenvalue weighted by molar-refractivity contribution is -0.384. The number of nitro groups is 1. The number of nitrogens with zero attached hydrogens (tertiary/aromatic N) is 1. The molecule has 0 bridgehead atoms. The summed E-state index contributed by atoms with van der Waals surface area (Å²) < 4.78 is 10.6. The van der Waals surface area contributed by atoms with Gasteiger partial charge in [-0.3, -0.25) is 14.9 Å². The van der Waals surface area contributed by atoms with Crippen LogP contribution >= 0.6 is 0 Å². The van der Waals surface area contributed by atoms with Crippen LogP contribution in [0.2, 0.25) is 0 Å². The minimum Gasteiger partial charge on any atom is -0.497 e. The smallest absolute Gasteiger partial charge is 0.269 e. The van der Waals surface area contributed by atoms with Gasteiger partial charge in [0.1, 0.15) is 11.5 Å². The van der Waals surface area contributed by atoms with E-state index in [0.29, 0.717) is 18.7 Å². The molecule has 7 nitrogen and oxygen atoms in total. The Morgan fingerprint density at radius 2 is 1.72 bits per heavy atom. The van der Waals surface area contributed by atoms with Crippen LogP contribution in [-0.4, -0.2) is 30.6 Å². The molecule has 0 spiro atoms. The normalized spacial score (nSPS) is 11.4. The highest BCUT2D eigenvalue weighted by Gasteiger charge is 2.14. The number of carbonyl (C=O) groups excluding carboxylic acids is 1. The number of nitro benzene ring substituents is 1.